The smallest absolute Gasteiger partial charge is 0.387 e. The minimum Gasteiger partial charge on any atom is -0.433 e. The van der Waals surface area contributed by atoms with E-state index in [-0.39, 0.29) is 5.75 Å². The first-order valence-electron chi connectivity index (χ1n) is 3.55. The Hall–Kier alpha value is -1.03. The van der Waals surface area contributed by atoms with E-state index in [9.17, 15) is 8.78 Å². The highest BCUT2D eigenvalue weighted by atomic mass is 35.5. The molecule has 0 aliphatic rings. The molecule has 0 bridgehead atoms. The quantitative estimate of drug-likeness (QED) is 0.823. The summed E-state index contributed by atoms with van der Waals surface area (Å²) in [5.74, 6) is 0.0463. The van der Waals surface area contributed by atoms with E-state index in [0.29, 0.717) is 10.7 Å². The predicted octanol–water partition coefficient (Wildman–Crippen LogP) is 2.98. The lowest BCUT2D eigenvalue weighted by Crippen LogP contribution is -2.04. The highest BCUT2D eigenvalue weighted by molar-refractivity contribution is 6.30. The summed E-state index contributed by atoms with van der Waals surface area (Å²) < 4.78 is 28.0. The molecule has 1 rings (SSSR count). The number of alkyl halides is 2. The summed E-state index contributed by atoms with van der Waals surface area (Å²) in [4.78, 5) is 0. The van der Waals surface area contributed by atoms with Crippen LogP contribution in [0.2, 0.25) is 5.02 Å². The maximum Gasteiger partial charge on any atom is 0.387 e. The highest BCUT2D eigenvalue weighted by Crippen LogP contribution is 2.28. The van der Waals surface area contributed by atoms with E-state index in [1.165, 1.54) is 6.07 Å². The lowest BCUT2D eigenvalue weighted by molar-refractivity contribution is -0.0493. The number of anilines is 1. The van der Waals surface area contributed by atoms with Crippen LogP contribution in [0, 0.1) is 0 Å². The Morgan fingerprint density at radius 2 is 2.15 bits per heavy atom. The monoisotopic (exact) mass is 207 g/mol. The normalized spacial score (nSPS) is 10.2. The van der Waals surface area contributed by atoms with Gasteiger partial charge in [0, 0.05) is 18.1 Å². The van der Waals surface area contributed by atoms with Crippen LogP contribution in [-0.4, -0.2) is 13.7 Å². The molecule has 2 nitrogen and oxygen atoms in total. The third-order valence-corrected chi connectivity index (χ3v) is 1.66. The van der Waals surface area contributed by atoms with Crippen LogP contribution in [-0.2, 0) is 0 Å². The molecule has 0 heterocycles. The molecule has 0 spiro atoms. The molecule has 0 aliphatic heterocycles. The molecule has 1 aromatic carbocycles. The van der Waals surface area contributed by atoms with Crippen LogP contribution in [0.1, 0.15) is 0 Å². The van der Waals surface area contributed by atoms with E-state index in [1.54, 1.807) is 19.2 Å². The first-order chi connectivity index (χ1) is 6.13. The summed E-state index contributed by atoms with van der Waals surface area (Å²) in [6.45, 7) is -2.84. The number of rotatable bonds is 3. The average Bonchev–Trinajstić information content (AvgIpc) is 2.03. The van der Waals surface area contributed by atoms with E-state index in [4.69, 9.17) is 11.6 Å². The summed E-state index contributed by atoms with van der Waals surface area (Å²) in [5, 5.41) is 3.07. The Morgan fingerprint density at radius 3 is 2.69 bits per heavy atom. The third-order valence-electron chi connectivity index (χ3n) is 1.43. The van der Waals surface area contributed by atoms with Crippen molar-refractivity contribution in [2.45, 2.75) is 6.61 Å². The average molecular weight is 208 g/mol. The first-order valence-corrected chi connectivity index (χ1v) is 3.93. The molecule has 0 unspecified atom stereocenters. The molecule has 0 saturated carbocycles. The molecular formula is C8H8ClF2NO. The Kier molecular flexibility index (Phi) is 3.31. The van der Waals surface area contributed by atoms with Gasteiger partial charge in [0.15, 0.2) is 5.75 Å². The molecule has 0 aliphatic carbocycles. The summed E-state index contributed by atoms with van der Waals surface area (Å²) in [5.41, 5.74) is 0.477. The molecule has 0 aromatic heterocycles. The van der Waals surface area contributed by atoms with Crippen molar-refractivity contribution in [1.82, 2.24) is 0 Å². The van der Waals surface area contributed by atoms with Crippen molar-refractivity contribution in [3.8, 4) is 5.75 Å². The minimum absolute atomic E-state index is 0.0463. The molecule has 0 radical (unpaired) electrons. The topological polar surface area (TPSA) is 21.3 Å². The zero-order valence-corrected chi connectivity index (χ0v) is 7.61. The van der Waals surface area contributed by atoms with E-state index in [0.717, 1.165) is 0 Å². The minimum atomic E-state index is -2.84. The lowest BCUT2D eigenvalue weighted by Gasteiger charge is -2.09. The maximum atomic E-state index is 11.9. The molecule has 0 saturated heterocycles. The number of halogens is 3. The van der Waals surface area contributed by atoms with Gasteiger partial charge in [0.1, 0.15) is 0 Å². The number of nitrogens with one attached hydrogen (secondary N) is 1. The number of benzene rings is 1. The molecular weight excluding hydrogens is 200 g/mol. The predicted molar refractivity (Wildman–Crippen MR) is 47.6 cm³/mol. The number of ether oxygens (including phenoxy) is 1. The maximum absolute atomic E-state index is 11.9. The Labute approximate surface area is 79.5 Å². The Balaban J connectivity index is 2.94. The van der Waals surface area contributed by atoms with Crippen molar-refractivity contribution >= 4 is 17.3 Å². The van der Waals surface area contributed by atoms with Gasteiger partial charge in [0.25, 0.3) is 0 Å². The van der Waals surface area contributed by atoms with Crippen molar-refractivity contribution in [2.75, 3.05) is 12.4 Å². The van der Waals surface area contributed by atoms with E-state index in [2.05, 4.69) is 10.1 Å². The summed E-state index contributed by atoms with van der Waals surface area (Å²) in [7, 11) is 1.61. The highest BCUT2D eigenvalue weighted by Gasteiger charge is 2.08. The molecule has 1 aromatic rings. The Morgan fingerprint density at radius 1 is 1.46 bits per heavy atom. The second kappa shape index (κ2) is 4.28. The SMILES string of the molecule is CNc1ccc(Cl)cc1OC(F)F. The fourth-order valence-corrected chi connectivity index (χ4v) is 1.06. The molecule has 13 heavy (non-hydrogen) atoms. The number of hydrogen-bond acceptors (Lipinski definition) is 2. The van der Waals surface area contributed by atoms with E-state index in [1.807, 2.05) is 0 Å². The lowest BCUT2D eigenvalue weighted by atomic mass is 10.3. The fourth-order valence-electron chi connectivity index (χ4n) is 0.896. The largest absolute Gasteiger partial charge is 0.433 e. The van der Waals surface area contributed by atoms with Gasteiger partial charge in [-0.2, -0.15) is 8.78 Å². The van der Waals surface area contributed by atoms with Gasteiger partial charge >= 0.3 is 6.61 Å². The van der Waals surface area contributed by atoms with Gasteiger partial charge in [-0.15, -0.1) is 0 Å². The van der Waals surface area contributed by atoms with Crippen LogP contribution >= 0.6 is 11.6 Å². The van der Waals surface area contributed by atoms with E-state index < -0.39 is 6.61 Å². The standard InChI is InChI=1S/C8H8ClF2NO/c1-12-6-3-2-5(9)4-7(6)13-8(10)11/h2-4,8,12H,1H3. The second-order valence-corrected chi connectivity index (χ2v) is 2.71. The van der Waals surface area contributed by atoms with E-state index >= 15 is 0 Å². The second-order valence-electron chi connectivity index (χ2n) is 2.27. The summed E-state index contributed by atoms with van der Waals surface area (Å²) >= 11 is 5.60. The van der Waals surface area contributed by atoms with Crippen molar-refractivity contribution in [1.29, 1.82) is 0 Å². The Bertz CT molecular complexity index is 293. The zero-order valence-electron chi connectivity index (χ0n) is 6.85. The fraction of sp³-hybridized carbons (Fsp3) is 0.250. The van der Waals surface area contributed by atoms with Crippen LogP contribution in [0.5, 0.6) is 5.75 Å². The molecule has 0 amide bonds. The van der Waals surface area contributed by atoms with Crippen LogP contribution in [0.4, 0.5) is 14.5 Å². The van der Waals surface area contributed by atoms with Crippen molar-refractivity contribution in [3.05, 3.63) is 23.2 Å². The zero-order chi connectivity index (χ0) is 9.84. The van der Waals surface area contributed by atoms with Gasteiger partial charge in [-0.25, -0.2) is 0 Å². The van der Waals surface area contributed by atoms with Crippen LogP contribution in [0.15, 0.2) is 18.2 Å². The van der Waals surface area contributed by atoms with Gasteiger partial charge in [-0.05, 0) is 12.1 Å². The van der Waals surface area contributed by atoms with Crippen molar-refractivity contribution < 1.29 is 13.5 Å². The molecule has 1 N–H and O–H groups in total. The molecule has 0 fully saturated rings. The van der Waals surface area contributed by atoms with Gasteiger partial charge in [-0.1, -0.05) is 11.6 Å². The molecule has 0 atom stereocenters. The van der Waals surface area contributed by atoms with Gasteiger partial charge in [0.2, 0.25) is 0 Å². The van der Waals surface area contributed by atoms with Gasteiger partial charge in [0.05, 0.1) is 5.69 Å². The van der Waals surface area contributed by atoms with Gasteiger partial charge < -0.3 is 10.1 Å². The van der Waals surface area contributed by atoms with Crippen molar-refractivity contribution in [2.24, 2.45) is 0 Å². The van der Waals surface area contributed by atoms with Crippen LogP contribution < -0.4 is 10.1 Å². The van der Waals surface area contributed by atoms with Crippen molar-refractivity contribution in [3.63, 3.8) is 0 Å². The molecule has 5 heteroatoms. The third kappa shape index (κ3) is 2.73. The summed E-state index contributed by atoms with van der Waals surface area (Å²) in [6.07, 6.45) is 0. The van der Waals surface area contributed by atoms with Crippen LogP contribution in [0.25, 0.3) is 0 Å². The number of hydrogen-bond donors (Lipinski definition) is 1. The van der Waals surface area contributed by atoms with Crippen LogP contribution in [0.3, 0.4) is 0 Å². The first kappa shape index (κ1) is 10.1. The van der Waals surface area contributed by atoms with Gasteiger partial charge in [-0.3, -0.25) is 0 Å². The molecule has 72 valence electrons. The summed E-state index contributed by atoms with van der Waals surface area (Å²) in [6, 6.07) is 4.49.